The van der Waals surface area contributed by atoms with Crippen molar-refractivity contribution in [2.75, 3.05) is 25.4 Å². The molecule has 0 bridgehead atoms. The van der Waals surface area contributed by atoms with E-state index in [4.69, 9.17) is 5.73 Å². The van der Waals surface area contributed by atoms with Gasteiger partial charge in [-0.2, -0.15) is 0 Å². The Hall–Kier alpha value is -2.89. The summed E-state index contributed by atoms with van der Waals surface area (Å²) < 4.78 is 0. The average Bonchev–Trinajstić information content (AvgIpc) is 2.69. The SMILES string of the molecule is Nc1ccc(CCNC(=O)C2CCCN(C(=O)c3ccncc3)C2)cc1. The number of piperidine rings is 1. The van der Waals surface area contributed by atoms with Crippen LogP contribution in [-0.2, 0) is 11.2 Å². The second-order valence-electron chi connectivity index (χ2n) is 6.61. The summed E-state index contributed by atoms with van der Waals surface area (Å²) in [7, 11) is 0. The van der Waals surface area contributed by atoms with Crippen molar-refractivity contribution in [1.29, 1.82) is 0 Å². The van der Waals surface area contributed by atoms with Crippen molar-refractivity contribution in [3.63, 3.8) is 0 Å². The monoisotopic (exact) mass is 352 g/mol. The Morgan fingerprint density at radius 2 is 1.88 bits per heavy atom. The molecule has 0 radical (unpaired) electrons. The third kappa shape index (κ3) is 4.59. The highest BCUT2D eigenvalue weighted by atomic mass is 16.2. The maximum absolute atomic E-state index is 12.6. The van der Waals surface area contributed by atoms with Crippen molar-refractivity contribution in [2.45, 2.75) is 19.3 Å². The molecule has 2 amide bonds. The molecule has 2 aromatic rings. The minimum Gasteiger partial charge on any atom is -0.399 e. The normalized spacial score (nSPS) is 16.9. The number of nitrogens with one attached hydrogen (secondary N) is 1. The average molecular weight is 352 g/mol. The highest BCUT2D eigenvalue weighted by Gasteiger charge is 2.28. The van der Waals surface area contributed by atoms with Gasteiger partial charge in [-0.1, -0.05) is 12.1 Å². The lowest BCUT2D eigenvalue weighted by Crippen LogP contribution is -2.45. The predicted molar refractivity (Wildman–Crippen MR) is 100 cm³/mol. The summed E-state index contributed by atoms with van der Waals surface area (Å²) >= 11 is 0. The summed E-state index contributed by atoms with van der Waals surface area (Å²) in [5, 5.41) is 3.00. The summed E-state index contributed by atoms with van der Waals surface area (Å²) in [6.45, 7) is 1.74. The van der Waals surface area contributed by atoms with Gasteiger partial charge >= 0.3 is 0 Å². The summed E-state index contributed by atoms with van der Waals surface area (Å²) in [5.74, 6) is -0.166. The molecule has 1 unspecified atom stereocenters. The first kappa shape index (κ1) is 17.9. The van der Waals surface area contributed by atoms with Crippen LogP contribution in [0.2, 0.25) is 0 Å². The molecule has 1 fully saturated rings. The molecular formula is C20H24N4O2. The Morgan fingerprint density at radius 1 is 1.15 bits per heavy atom. The van der Waals surface area contributed by atoms with Gasteiger partial charge in [0.25, 0.3) is 5.91 Å². The van der Waals surface area contributed by atoms with Crippen molar-refractivity contribution in [1.82, 2.24) is 15.2 Å². The Labute approximate surface area is 153 Å². The Balaban J connectivity index is 1.49. The molecule has 3 N–H and O–H groups in total. The molecule has 1 saturated heterocycles. The summed E-state index contributed by atoms with van der Waals surface area (Å²) in [5.41, 5.74) is 8.16. The number of nitrogens with two attached hydrogens (primary N) is 1. The molecular weight excluding hydrogens is 328 g/mol. The van der Waals surface area contributed by atoms with E-state index < -0.39 is 0 Å². The number of amides is 2. The molecule has 3 rings (SSSR count). The molecule has 6 nitrogen and oxygen atoms in total. The molecule has 1 aliphatic heterocycles. The standard InChI is InChI=1S/C20H24N4O2/c21-18-5-3-15(4-6-18)7-12-23-19(25)17-2-1-13-24(14-17)20(26)16-8-10-22-11-9-16/h3-6,8-11,17H,1-2,7,12-14,21H2,(H,23,25). The maximum Gasteiger partial charge on any atom is 0.253 e. The van der Waals surface area contributed by atoms with Crippen molar-refractivity contribution in [3.8, 4) is 0 Å². The van der Waals surface area contributed by atoms with Gasteiger partial charge in [0.05, 0.1) is 5.92 Å². The zero-order chi connectivity index (χ0) is 18.4. The quantitative estimate of drug-likeness (QED) is 0.804. The second kappa shape index (κ2) is 8.47. The molecule has 26 heavy (non-hydrogen) atoms. The number of anilines is 1. The lowest BCUT2D eigenvalue weighted by atomic mass is 9.96. The van der Waals surface area contributed by atoms with Gasteiger partial charge in [0.15, 0.2) is 0 Å². The van der Waals surface area contributed by atoms with E-state index >= 15 is 0 Å². The van der Waals surface area contributed by atoms with Crippen LogP contribution in [-0.4, -0.2) is 41.3 Å². The van der Waals surface area contributed by atoms with Crippen LogP contribution in [0.5, 0.6) is 0 Å². The molecule has 0 aliphatic carbocycles. The van der Waals surface area contributed by atoms with Crippen LogP contribution in [0.25, 0.3) is 0 Å². The van der Waals surface area contributed by atoms with Crippen LogP contribution in [0.15, 0.2) is 48.8 Å². The smallest absolute Gasteiger partial charge is 0.253 e. The number of pyridine rings is 1. The maximum atomic E-state index is 12.6. The van der Waals surface area contributed by atoms with Gasteiger partial charge in [-0.3, -0.25) is 14.6 Å². The number of benzene rings is 1. The third-order valence-corrected chi connectivity index (χ3v) is 4.70. The number of likely N-dealkylation sites (tertiary alicyclic amines) is 1. The Bertz CT molecular complexity index is 746. The number of nitrogens with zero attached hydrogens (tertiary/aromatic N) is 2. The third-order valence-electron chi connectivity index (χ3n) is 4.70. The fraction of sp³-hybridized carbons (Fsp3) is 0.350. The number of rotatable bonds is 5. The van der Waals surface area contributed by atoms with Crippen LogP contribution in [0.4, 0.5) is 5.69 Å². The van der Waals surface area contributed by atoms with Crippen LogP contribution in [0.1, 0.15) is 28.8 Å². The minimum atomic E-state index is -0.152. The molecule has 0 saturated carbocycles. The number of nitrogen functional groups attached to an aromatic ring is 1. The first-order valence-corrected chi connectivity index (χ1v) is 8.95. The van der Waals surface area contributed by atoms with Gasteiger partial charge in [0.1, 0.15) is 0 Å². The Kier molecular flexibility index (Phi) is 5.84. The van der Waals surface area contributed by atoms with Crippen molar-refractivity contribution < 1.29 is 9.59 Å². The second-order valence-corrected chi connectivity index (χ2v) is 6.61. The molecule has 1 aromatic heterocycles. The molecule has 136 valence electrons. The van der Waals surface area contributed by atoms with E-state index in [9.17, 15) is 9.59 Å². The number of aromatic nitrogens is 1. The van der Waals surface area contributed by atoms with Gasteiger partial charge in [0.2, 0.25) is 5.91 Å². The molecule has 1 aromatic carbocycles. The first-order chi connectivity index (χ1) is 12.6. The van der Waals surface area contributed by atoms with Gasteiger partial charge in [-0.05, 0) is 49.1 Å². The summed E-state index contributed by atoms with van der Waals surface area (Å²) in [6.07, 6.45) is 5.64. The van der Waals surface area contributed by atoms with Crippen LogP contribution in [0.3, 0.4) is 0 Å². The number of hydrogen-bond acceptors (Lipinski definition) is 4. The summed E-state index contributed by atoms with van der Waals surface area (Å²) in [4.78, 5) is 30.7. The van der Waals surface area contributed by atoms with E-state index in [1.165, 1.54) is 0 Å². The molecule has 1 aliphatic rings. The molecule has 0 spiro atoms. The molecule has 1 atom stereocenters. The fourth-order valence-corrected chi connectivity index (χ4v) is 3.21. The highest BCUT2D eigenvalue weighted by molar-refractivity contribution is 5.94. The van der Waals surface area contributed by atoms with Gasteiger partial charge in [-0.15, -0.1) is 0 Å². The Morgan fingerprint density at radius 3 is 2.62 bits per heavy atom. The van der Waals surface area contributed by atoms with E-state index in [1.807, 2.05) is 24.3 Å². The van der Waals surface area contributed by atoms with E-state index in [-0.39, 0.29) is 17.7 Å². The van der Waals surface area contributed by atoms with Crippen molar-refractivity contribution in [3.05, 3.63) is 59.9 Å². The largest absolute Gasteiger partial charge is 0.399 e. The topological polar surface area (TPSA) is 88.3 Å². The highest BCUT2D eigenvalue weighted by Crippen LogP contribution is 2.19. The zero-order valence-corrected chi connectivity index (χ0v) is 14.7. The van der Waals surface area contributed by atoms with Gasteiger partial charge in [0, 0.05) is 43.3 Å². The zero-order valence-electron chi connectivity index (χ0n) is 14.7. The van der Waals surface area contributed by atoms with Gasteiger partial charge < -0.3 is 16.0 Å². The molecule has 6 heteroatoms. The first-order valence-electron chi connectivity index (χ1n) is 8.95. The number of hydrogen-bond donors (Lipinski definition) is 2. The molecule has 2 heterocycles. The minimum absolute atomic E-state index is 0.0210. The van der Waals surface area contributed by atoms with Crippen LogP contribution >= 0.6 is 0 Å². The van der Waals surface area contributed by atoms with Crippen LogP contribution in [0, 0.1) is 5.92 Å². The van der Waals surface area contributed by atoms with Gasteiger partial charge in [-0.25, -0.2) is 0 Å². The van der Waals surface area contributed by atoms with E-state index in [0.29, 0.717) is 25.2 Å². The number of carbonyl (C=O) groups excluding carboxylic acids is 2. The predicted octanol–water partition coefficient (Wildman–Crippen LogP) is 1.87. The summed E-state index contributed by atoms with van der Waals surface area (Å²) in [6, 6.07) is 11.1. The van der Waals surface area contributed by atoms with Crippen molar-refractivity contribution >= 4 is 17.5 Å². The van der Waals surface area contributed by atoms with Crippen LogP contribution < -0.4 is 11.1 Å². The fourth-order valence-electron chi connectivity index (χ4n) is 3.21. The van der Waals surface area contributed by atoms with E-state index in [2.05, 4.69) is 10.3 Å². The lowest BCUT2D eigenvalue weighted by Gasteiger charge is -2.32. The van der Waals surface area contributed by atoms with E-state index in [1.54, 1.807) is 29.4 Å². The van der Waals surface area contributed by atoms with E-state index in [0.717, 1.165) is 30.5 Å². The van der Waals surface area contributed by atoms with Crippen molar-refractivity contribution in [2.24, 2.45) is 5.92 Å². The number of carbonyl (C=O) groups is 2. The lowest BCUT2D eigenvalue weighted by molar-refractivity contribution is -0.126.